The molecule has 0 radical (unpaired) electrons. The van der Waals surface area contributed by atoms with Crippen molar-refractivity contribution in [1.82, 2.24) is 9.34 Å². The zero-order chi connectivity index (χ0) is 28.3. The van der Waals surface area contributed by atoms with Gasteiger partial charge in [0.25, 0.3) is 0 Å². The Morgan fingerprint density at radius 3 is 0.974 bits per heavy atom. The molecule has 4 aliphatic rings. The molecule has 0 aromatic heterocycles. The molecule has 3 aromatic carbocycles. The maximum Gasteiger partial charge on any atom is 0.515 e. The van der Waals surface area contributed by atoms with Gasteiger partial charge in [0.15, 0.2) is 0 Å². The molecule has 2 unspecified atom stereocenters. The molecule has 0 N–H and O–H groups in total. The maximum absolute atomic E-state index is 14.1. The minimum atomic E-state index is -3.76. The Balaban J connectivity index is 1.84. The van der Waals surface area contributed by atoms with Crippen LogP contribution in [0.5, 0.6) is 23.0 Å². The molecule has 2 atom stereocenters. The maximum atomic E-state index is 14.1. The van der Waals surface area contributed by atoms with Crippen LogP contribution in [0.15, 0.2) is 72.8 Å². The van der Waals surface area contributed by atoms with Crippen LogP contribution in [0.3, 0.4) is 0 Å². The molecule has 0 saturated heterocycles. The molecule has 0 amide bonds. The summed E-state index contributed by atoms with van der Waals surface area (Å²) < 4.78 is 55.7. The fourth-order valence-electron chi connectivity index (χ4n) is 4.53. The van der Waals surface area contributed by atoms with Gasteiger partial charge in [-0.1, -0.05) is 65.8 Å². The lowest BCUT2D eigenvalue weighted by atomic mass is 9.78. The van der Waals surface area contributed by atoms with Crippen LogP contribution in [0.2, 0.25) is 0 Å². The third-order valence-corrected chi connectivity index (χ3v) is 11.3. The third kappa shape index (κ3) is 6.20. The number of hydrogen-bond acceptors (Lipinski definition) is 6. The van der Waals surface area contributed by atoms with E-state index in [0.717, 1.165) is 11.1 Å². The van der Waals surface area contributed by atoms with Crippen LogP contribution < -0.4 is 18.1 Å². The molecule has 10 heteroatoms. The summed E-state index contributed by atoms with van der Waals surface area (Å²) in [5, 5.41) is 0. The van der Waals surface area contributed by atoms with Crippen LogP contribution in [0.4, 0.5) is 0 Å². The van der Waals surface area contributed by atoms with E-state index in [4.69, 9.17) is 18.1 Å². The number of rotatable bonds is 6. The van der Waals surface area contributed by atoms with Gasteiger partial charge in [0.1, 0.15) is 23.0 Å². The Morgan fingerprint density at radius 1 is 0.513 bits per heavy atom. The van der Waals surface area contributed by atoms with Gasteiger partial charge < -0.3 is 18.1 Å². The van der Waals surface area contributed by atoms with Gasteiger partial charge in [-0.3, -0.25) is 0 Å². The van der Waals surface area contributed by atoms with Crippen molar-refractivity contribution in [2.75, 3.05) is 26.2 Å². The Morgan fingerprint density at radius 2 is 0.744 bits per heavy atom. The van der Waals surface area contributed by atoms with E-state index in [1.54, 1.807) is 33.6 Å². The molecule has 7 rings (SSSR count). The molecule has 0 fully saturated rings. The van der Waals surface area contributed by atoms with Crippen LogP contribution >= 0.6 is 15.5 Å². The van der Waals surface area contributed by atoms with Gasteiger partial charge >= 0.3 is 15.5 Å². The largest absolute Gasteiger partial charge is 0.515 e. The Bertz CT molecular complexity index is 1230. The second-order valence-corrected chi connectivity index (χ2v) is 13.5. The summed E-state index contributed by atoms with van der Waals surface area (Å²) in [5.74, 6) is 1.57. The van der Waals surface area contributed by atoms with Gasteiger partial charge in [0.05, 0.1) is 0 Å². The first-order chi connectivity index (χ1) is 18.6. The highest BCUT2D eigenvalue weighted by Gasteiger charge is 2.37. The Labute approximate surface area is 232 Å². The van der Waals surface area contributed by atoms with Crippen molar-refractivity contribution in [3.63, 3.8) is 0 Å². The van der Waals surface area contributed by atoms with Crippen molar-refractivity contribution in [2.45, 2.75) is 47.0 Å². The highest BCUT2D eigenvalue weighted by molar-refractivity contribution is 7.52. The molecular weight excluding hydrogens is 534 g/mol. The lowest BCUT2D eigenvalue weighted by Crippen LogP contribution is -2.25. The van der Waals surface area contributed by atoms with Crippen molar-refractivity contribution in [3.05, 3.63) is 83.9 Å². The summed E-state index contributed by atoms with van der Waals surface area (Å²) >= 11 is 0. The average Bonchev–Trinajstić information content (AvgIpc) is 2.91. The minimum absolute atomic E-state index is 0.335. The SMILES string of the molecule is CCN(CC)P1(=O)Oc2ccc(cc2)OP(=O)(N(CC)CC)Oc2ccc(cc2)C(C)(C)c2ccc(cc2)O1. The second kappa shape index (κ2) is 11.8. The van der Waals surface area contributed by atoms with Gasteiger partial charge in [0, 0.05) is 31.6 Å². The van der Waals surface area contributed by atoms with Crippen LogP contribution in [0, 0.1) is 0 Å². The van der Waals surface area contributed by atoms with E-state index in [-0.39, 0.29) is 5.41 Å². The number of benzene rings is 3. The standard InChI is InChI=1S/C29H38N2O6P2/c1-7-30(8-2)38(32)34-25-15-11-23(12-16-25)29(5,6)24-13-17-26(18-14-24)35-39(33,31(9-3)10-4)37-28-21-19-27(36-38)20-22-28/h11-22H,7-10H2,1-6H3. The van der Waals surface area contributed by atoms with Crippen molar-refractivity contribution < 1.29 is 27.2 Å². The summed E-state index contributed by atoms with van der Waals surface area (Å²) in [4.78, 5) is 0. The fourth-order valence-corrected chi connectivity index (χ4v) is 8.01. The van der Waals surface area contributed by atoms with Gasteiger partial charge in [-0.15, -0.1) is 0 Å². The lowest BCUT2D eigenvalue weighted by Gasteiger charge is -2.29. The highest BCUT2D eigenvalue weighted by atomic mass is 31.2. The predicted molar refractivity (Wildman–Crippen MR) is 155 cm³/mol. The van der Waals surface area contributed by atoms with E-state index in [1.165, 1.54) is 0 Å². The summed E-state index contributed by atoms with van der Waals surface area (Å²) in [6.07, 6.45) is 0. The normalized spacial score (nSPS) is 22.4. The number of nitrogens with zero attached hydrogens (tertiary/aromatic N) is 2. The summed E-state index contributed by atoms with van der Waals surface area (Å²) in [5.41, 5.74) is 1.75. The molecule has 4 heterocycles. The second-order valence-electron chi connectivity index (χ2n) is 9.73. The fraction of sp³-hybridized carbons (Fsp3) is 0.379. The lowest BCUT2D eigenvalue weighted by molar-refractivity contribution is 0.291. The van der Waals surface area contributed by atoms with E-state index in [2.05, 4.69) is 13.8 Å². The van der Waals surface area contributed by atoms with Gasteiger partial charge in [-0.2, -0.15) is 9.34 Å². The molecule has 39 heavy (non-hydrogen) atoms. The van der Waals surface area contributed by atoms with Crippen molar-refractivity contribution in [1.29, 1.82) is 0 Å². The average molecular weight is 573 g/mol. The van der Waals surface area contributed by atoms with Crippen LogP contribution in [-0.2, 0) is 14.5 Å². The summed E-state index contributed by atoms with van der Waals surface area (Å²) in [6, 6.07) is 21.6. The van der Waals surface area contributed by atoms with Crippen molar-refractivity contribution in [3.8, 4) is 23.0 Å². The molecule has 0 aliphatic carbocycles. The van der Waals surface area contributed by atoms with Gasteiger partial charge in [-0.25, -0.2) is 9.13 Å². The molecule has 6 bridgehead atoms. The van der Waals surface area contributed by atoms with E-state index in [9.17, 15) is 9.13 Å². The van der Waals surface area contributed by atoms with Gasteiger partial charge in [-0.05, 0) is 59.7 Å². The molecule has 0 saturated carbocycles. The van der Waals surface area contributed by atoms with E-state index < -0.39 is 15.5 Å². The highest BCUT2D eigenvalue weighted by Crippen LogP contribution is 2.54. The monoisotopic (exact) mass is 572 g/mol. The van der Waals surface area contributed by atoms with E-state index >= 15 is 0 Å². The third-order valence-electron chi connectivity index (χ3n) is 7.01. The van der Waals surface area contributed by atoms with Crippen molar-refractivity contribution in [2.24, 2.45) is 0 Å². The van der Waals surface area contributed by atoms with Crippen LogP contribution in [0.25, 0.3) is 0 Å². The molecule has 8 nitrogen and oxygen atoms in total. The van der Waals surface area contributed by atoms with Crippen LogP contribution in [-0.4, -0.2) is 35.5 Å². The number of fused-ring (bicyclic) bond motifs is 3. The minimum Gasteiger partial charge on any atom is -0.404 e. The Hall–Kier alpha value is -2.76. The first-order valence-corrected chi connectivity index (χ1v) is 16.4. The topological polar surface area (TPSA) is 77.5 Å². The molecule has 4 aliphatic heterocycles. The smallest absolute Gasteiger partial charge is 0.404 e. The first kappa shape index (κ1) is 29.2. The zero-order valence-electron chi connectivity index (χ0n) is 23.5. The van der Waals surface area contributed by atoms with E-state index in [0.29, 0.717) is 49.2 Å². The molecular formula is C29H38N2O6P2. The van der Waals surface area contributed by atoms with E-state index in [1.807, 2.05) is 76.2 Å². The Kier molecular flexibility index (Phi) is 8.82. The number of hydrogen-bond donors (Lipinski definition) is 0. The van der Waals surface area contributed by atoms with Gasteiger partial charge in [0.2, 0.25) is 0 Å². The van der Waals surface area contributed by atoms with Crippen molar-refractivity contribution >= 4 is 15.5 Å². The molecule has 210 valence electrons. The quantitative estimate of drug-likeness (QED) is 0.274. The molecule has 0 spiro atoms. The summed E-state index contributed by atoms with van der Waals surface area (Å²) in [6.45, 7) is 13.8. The zero-order valence-corrected chi connectivity index (χ0v) is 25.3. The molecule has 3 aromatic rings. The first-order valence-electron chi connectivity index (χ1n) is 13.4. The van der Waals surface area contributed by atoms with Crippen LogP contribution in [0.1, 0.15) is 52.7 Å². The predicted octanol–water partition coefficient (Wildman–Crippen LogP) is 8.14. The summed E-state index contributed by atoms with van der Waals surface area (Å²) in [7, 11) is -7.51.